The third-order valence-electron chi connectivity index (χ3n) is 4.41. The average molecular weight is 463 g/mol. The minimum absolute atomic E-state index is 0.213. The van der Waals surface area contributed by atoms with E-state index in [2.05, 4.69) is 0 Å². The van der Waals surface area contributed by atoms with Gasteiger partial charge in [0.1, 0.15) is 9.96 Å². The predicted octanol–water partition coefficient (Wildman–Crippen LogP) is 3.66. The van der Waals surface area contributed by atoms with Gasteiger partial charge in [-0.25, -0.2) is 8.42 Å². The molecule has 28 heavy (non-hydrogen) atoms. The molecule has 6 nitrogen and oxygen atoms in total. The van der Waals surface area contributed by atoms with Crippen LogP contribution in [0.3, 0.4) is 0 Å². The Labute approximate surface area is 178 Å². The Hall–Kier alpha value is -1.32. The van der Waals surface area contributed by atoms with Gasteiger partial charge >= 0.3 is 0 Å². The summed E-state index contributed by atoms with van der Waals surface area (Å²) >= 11 is 13.2. The first-order valence-electron chi connectivity index (χ1n) is 8.65. The molecule has 2 aromatic rings. The van der Waals surface area contributed by atoms with Crippen LogP contribution in [0.5, 0.6) is 5.75 Å². The molecule has 1 amide bonds. The van der Waals surface area contributed by atoms with Crippen molar-refractivity contribution in [1.82, 2.24) is 9.21 Å². The number of hydrogen-bond donors (Lipinski definition) is 0. The maximum absolute atomic E-state index is 12.7. The molecule has 0 bridgehead atoms. The number of thiophene rings is 1. The lowest BCUT2D eigenvalue weighted by Crippen LogP contribution is -2.53. The summed E-state index contributed by atoms with van der Waals surface area (Å²) < 4.78 is 32.8. The molecule has 10 heteroatoms. The van der Waals surface area contributed by atoms with Gasteiger partial charge in [0.25, 0.3) is 15.9 Å². The van der Waals surface area contributed by atoms with E-state index >= 15 is 0 Å². The highest BCUT2D eigenvalue weighted by Crippen LogP contribution is 2.29. The van der Waals surface area contributed by atoms with Crippen LogP contribution in [0.4, 0.5) is 0 Å². The van der Waals surface area contributed by atoms with Crippen molar-refractivity contribution in [2.75, 3.05) is 26.2 Å². The molecule has 1 aliphatic heterocycles. The second kappa shape index (κ2) is 8.59. The highest BCUT2D eigenvalue weighted by Gasteiger charge is 2.32. The van der Waals surface area contributed by atoms with Crippen LogP contribution in [0.2, 0.25) is 10.0 Å². The number of hydrogen-bond acceptors (Lipinski definition) is 5. The molecule has 1 saturated heterocycles. The summed E-state index contributed by atoms with van der Waals surface area (Å²) in [4.78, 5) is 15.2. The first kappa shape index (κ1) is 21.4. The van der Waals surface area contributed by atoms with Crippen molar-refractivity contribution in [2.24, 2.45) is 0 Å². The van der Waals surface area contributed by atoms with Crippen molar-refractivity contribution in [3.8, 4) is 5.75 Å². The van der Waals surface area contributed by atoms with Gasteiger partial charge in [-0.05, 0) is 44.2 Å². The fraction of sp³-hybridized carbons (Fsp3) is 0.389. The molecule has 1 unspecified atom stereocenters. The van der Waals surface area contributed by atoms with E-state index < -0.39 is 16.1 Å². The molecule has 1 aromatic carbocycles. The minimum Gasteiger partial charge on any atom is -0.479 e. The highest BCUT2D eigenvalue weighted by atomic mass is 35.5. The number of halogens is 2. The summed E-state index contributed by atoms with van der Waals surface area (Å²) in [6.07, 6.45) is -0.748. The zero-order chi connectivity index (χ0) is 20.5. The number of carbonyl (C=O) groups excluding carboxylic acids is 1. The van der Waals surface area contributed by atoms with Gasteiger partial charge in [0.05, 0.1) is 5.02 Å². The third-order valence-corrected chi connectivity index (χ3v) is 8.30. The monoisotopic (exact) mass is 462 g/mol. The van der Waals surface area contributed by atoms with Gasteiger partial charge < -0.3 is 9.64 Å². The number of aryl methyl sites for hydroxylation is 1. The molecule has 0 saturated carbocycles. The van der Waals surface area contributed by atoms with Crippen LogP contribution < -0.4 is 4.74 Å². The molecule has 1 fully saturated rings. The molecular formula is C18H20Cl2N2O4S2. The lowest BCUT2D eigenvalue weighted by atomic mass is 10.2. The first-order chi connectivity index (χ1) is 13.2. The van der Waals surface area contributed by atoms with Crippen LogP contribution in [-0.2, 0) is 14.8 Å². The minimum atomic E-state index is -3.52. The summed E-state index contributed by atoms with van der Waals surface area (Å²) in [6, 6.07) is 8.21. The van der Waals surface area contributed by atoms with Gasteiger partial charge in [-0.1, -0.05) is 23.2 Å². The molecule has 152 valence electrons. The van der Waals surface area contributed by atoms with E-state index in [1.54, 1.807) is 42.2 Å². The largest absolute Gasteiger partial charge is 0.479 e. The van der Waals surface area contributed by atoms with Crippen LogP contribution in [-0.4, -0.2) is 55.8 Å². The van der Waals surface area contributed by atoms with Gasteiger partial charge in [-0.3, -0.25) is 4.79 Å². The van der Waals surface area contributed by atoms with E-state index in [4.69, 9.17) is 27.9 Å². The molecule has 1 atom stereocenters. The van der Waals surface area contributed by atoms with Crippen molar-refractivity contribution in [3.05, 3.63) is 45.3 Å². The Kier molecular flexibility index (Phi) is 6.56. The van der Waals surface area contributed by atoms with Crippen LogP contribution >= 0.6 is 34.5 Å². The summed E-state index contributed by atoms with van der Waals surface area (Å²) in [6.45, 7) is 4.63. The Morgan fingerprint density at radius 2 is 1.82 bits per heavy atom. The van der Waals surface area contributed by atoms with Crippen LogP contribution in [0.1, 0.15) is 11.8 Å². The standard InChI is InChI=1S/C18H20Cl2N2O4S2/c1-12-3-6-17(27-12)28(24,25)22-9-7-21(8-10-22)18(23)13(2)26-16-5-4-14(19)11-15(16)20/h3-6,11,13H,7-10H2,1-2H3. The van der Waals surface area contributed by atoms with Crippen molar-refractivity contribution in [1.29, 1.82) is 0 Å². The SMILES string of the molecule is Cc1ccc(S(=O)(=O)N2CCN(C(=O)C(C)Oc3ccc(Cl)cc3Cl)CC2)s1. The number of amides is 1. The molecule has 0 aliphatic carbocycles. The van der Waals surface area contributed by atoms with Gasteiger partial charge in [0.2, 0.25) is 0 Å². The van der Waals surface area contributed by atoms with Crippen molar-refractivity contribution < 1.29 is 17.9 Å². The number of sulfonamides is 1. The summed E-state index contributed by atoms with van der Waals surface area (Å²) in [5.41, 5.74) is 0. The molecule has 2 heterocycles. The predicted molar refractivity (Wildman–Crippen MR) is 111 cm³/mol. The second-order valence-corrected chi connectivity index (χ2v) is 10.7. The molecule has 1 aromatic heterocycles. The smallest absolute Gasteiger partial charge is 0.263 e. The van der Waals surface area contributed by atoms with E-state index in [0.29, 0.717) is 33.1 Å². The summed E-state index contributed by atoms with van der Waals surface area (Å²) in [5, 5.41) is 0.809. The average Bonchev–Trinajstić information content (AvgIpc) is 3.10. The Morgan fingerprint density at radius 3 is 2.39 bits per heavy atom. The van der Waals surface area contributed by atoms with E-state index in [1.165, 1.54) is 15.6 Å². The van der Waals surface area contributed by atoms with E-state index in [1.807, 2.05) is 6.92 Å². The molecular weight excluding hydrogens is 443 g/mol. The van der Waals surface area contributed by atoms with E-state index in [9.17, 15) is 13.2 Å². The number of carbonyl (C=O) groups is 1. The molecule has 0 spiro atoms. The van der Waals surface area contributed by atoms with E-state index in [0.717, 1.165) is 4.88 Å². The lowest BCUT2D eigenvalue weighted by molar-refractivity contribution is -0.139. The quantitative estimate of drug-likeness (QED) is 0.679. The fourth-order valence-electron chi connectivity index (χ4n) is 2.90. The van der Waals surface area contributed by atoms with Crippen molar-refractivity contribution in [2.45, 2.75) is 24.2 Å². The zero-order valence-corrected chi connectivity index (χ0v) is 18.5. The second-order valence-electron chi connectivity index (χ2n) is 6.43. The first-order valence-corrected chi connectivity index (χ1v) is 11.7. The maximum Gasteiger partial charge on any atom is 0.263 e. The fourth-order valence-corrected chi connectivity index (χ4v) is 6.21. The topological polar surface area (TPSA) is 66.9 Å². The number of rotatable bonds is 5. The molecule has 0 radical (unpaired) electrons. The van der Waals surface area contributed by atoms with Crippen molar-refractivity contribution in [3.63, 3.8) is 0 Å². The van der Waals surface area contributed by atoms with Gasteiger partial charge in [-0.15, -0.1) is 11.3 Å². The van der Waals surface area contributed by atoms with Gasteiger partial charge in [0.15, 0.2) is 6.10 Å². The summed E-state index contributed by atoms with van der Waals surface area (Å²) in [5.74, 6) is 0.163. The Morgan fingerprint density at radius 1 is 1.14 bits per heavy atom. The molecule has 0 N–H and O–H groups in total. The molecule has 3 rings (SSSR count). The summed E-state index contributed by atoms with van der Waals surface area (Å²) in [7, 11) is -3.52. The van der Waals surface area contributed by atoms with Crippen LogP contribution in [0, 0.1) is 6.92 Å². The maximum atomic E-state index is 12.7. The third kappa shape index (κ3) is 4.63. The van der Waals surface area contributed by atoms with Gasteiger partial charge in [-0.2, -0.15) is 4.31 Å². The Balaban J connectivity index is 1.60. The number of ether oxygens (including phenoxy) is 1. The molecule has 1 aliphatic rings. The number of nitrogens with zero attached hydrogens (tertiary/aromatic N) is 2. The van der Waals surface area contributed by atoms with Gasteiger partial charge in [0, 0.05) is 36.1 Å². The van der Waals surface area contributed by atoms with Crippen LogP contribution in [0.25, 0.3) is 0 Å². The van der Waals surface area contributed by atoms with Crippen LogP contribution in [0.15, 0.2) is 34.5 Å². The van der Waals surface area contributed by atoms with Crippen molar-refractivity contribution >= 4 is 50.5 Å². The number of benzene rings is 1. The van der Waals surface area contributed by atoms with E-state index in [-0.39, 0.29) is 19.0 Å². The lowest BCUT2D eigenvalue weighted by Gasteiger charge is -2.35. The number of piperazine rings is 1. The highest BCUT2D eigenvalue weighted by molar-refractivity contribution is 7.91. The zero-order valence-electron chi connectivity index (χ0n) is 15.4. The normalized spacial score (nSPS) is 16.8. The Bertz CT molecular complexity index is 970.